The van der Waals surface area contributed by atoms with E-state index in [0.717, 1.165) is 23.3 Å². The molecule has 0 aliphatic heterocycles. The Balaban J connectivity index is 1.75. The second-order valence-electron chi connectivity index (χ2n) is 5.93. The molecule has 0 spiro atoms. The van der Waals surface area contributed by atoms with Gasteiger partial charge in [0.25, 0.3) is 0 Å². The fourth-order valence-corrected chi connectivity index (χ4v) is 3.84. The molecule has 2 saturated carbocycles. The fourth-order valence-electron chi connectivity index (χ4n) is 3.84. The van der Waals surface area contributed by atoms with Crippen LogP contribution in [-0.2, 0) is 0 Å². The summed E-state index contributed by atoms with van der Waals surface area (Å²) in [6.45, 7) is 2.12. The Morgan fingerprint density at radius 1 is 1.16 bits per heavy atom. The van der Waals surface area contributed by atoms with E-state index < -0.39 is 0 Å². The average molecular weight is 253 g/mol. The summed E-state index contributed by atoms with van der Waals surface area (Å²) in [5, 5.41) is 4.82. The zero-order chi connectivity index (χ0) is 13.0. The van der Waals surface area contributed by atoms with Crippen LogP contribution in [0.1, 0.15) is 36.4 Å². The van der Waals surface area contributed by atoms with Gasteiger partial charge in [0, 0.05) is 11.5 Å². The summed E-state index contributed by atoms with van der Waals surface area (Å²) in [7, 11) is 0. The number of hydrogen-bond donors (Lipinski definition) is 1. The minimum absolute atomic E-state index is 0.681. The highest BCUT2D eigenvalue weighted by Gasteiger charge is 2.55. The molecule has 2 atom stereocenters. The van der Waals surface area contributed by atoms with Crippen molar-refractivity contribution in [3.63, 3.8) is 0 Å². The van der Waals surface area contributed by atoms with Gasteiger partial charge in [-0.15, -0.1) is 0 Å². The zero-order valence-corrected chi connectivity index (χ0v) is 11.2. The summed E-state index contributed by atoms with van der Waals surface area (Å²) in [6, 6.07) is 10.2. The maximum Gasteiger partial charge on any atom is 0.130 e. The lowest BCUT2D eigenvalue weighted by Gasteiger charge is -2.03. The summed E-state index contributed by atoms with van der Waals surface area (Å²) < 4.78 is 1.90. The number of para-hydroxylation sites is 1. The normalized spacial score (nSPS) is 28.4. The van der Waals surface area contributed by atoms with Crippen molar-refractivity contribution in [3.05, 3.63) is 41.6 Å². The van der Waals surface area contributed by atoms with E-state index >= 15 is 0 Å². The highest BCUT2D eigenvalue weighted by Crippen LogP contribution is 2.63. The average Bonchev–Trinajstić information content (AvgIpc) is 2.80. The van der Waals surface area contributed by atoms with E-state index in [4.69, 9.17) is 10.8 Å². The summed E-state index contributed by atoms with van der Waals surface area (Å²) >= 11 is 0. The Labute approximate surface area is 113 Å². The van der Waals surface area contributed by atoms with Crippen LogP contribution in [0.5, 0.6) is 0 Å². The van der Waals surface area contributed by atoms with Gasteiger partial charge < -0.3 is 5.73 Å². The Hall–Kier alpha value is -1.77. The summed E-state index contributed by atoms with van der Waals surface area (Å²) in [5.41, 5.74) is 9.74. The molecule has 0 radical (unpaired) electrons. The van der Waals surface area contributed by atoms with E-state index in [9.17, 15) is 0 Å². The first kappa shape index (κ1) is 11.1. The monoisotopic (exact) mass is 253 g/mol. The van der Waals surface area contributed by atoms with Gasteiger partial charge in [-0.25, -0.2) is 4.68 Å². The molecule has 0 bridgehead atoms. The van der Waals surface area contributed by atoms with E-state index in [0.29, 0.717) is 5.92 Å². The van der Waals surface area contributed by atoms with Crippen LogP contribution >= 0.6 is 0 Å². The molecule has 4 rings (SSSR count). The number of anilines is 1. The topological polar surface area (TPSA) is 43.8 Å². The van der Waals surface area contributed by atoms with E-state index in [-0.39, 0.29) is 0 Å². The van der Waals surface area contributed by atoms with Gasteiger partial charge in [-0.1, -0.05) is 24.6 Å². The molecular formula is C16H19N3. The van der Waals surface area contributed by atoms with Crippen molar-refractivity contribution in [1.82, 2.24) is 9.78 Å². The van der Waals surface area contributed by atoms with E-state index in [1.807, 2.05) is 22.9 Å². The zero-order valence-electron chi connectivity index (χ0n) is 11.2. The van der Waals surface area contributed by atoms with Crippen molar-refractivity contribution in [3.8, 4) is 5.69 Å². The van der Waals surface area contributed by atoms with Crippen molar-refractivity contribution in [2.24, 2.45) is 11.8 Å². The number of nitrogen functional groups attached to an aromatic ring is 1. The van der Waals surface area contributed by atoms with Crippen molar-refractivity contribution >= 4 is 5.82 Å². The van der Waals surface area contributed by atoms with Crippen LogP contribution < -0.4 is 5.73 Å². The number of nitrogens with two attached hydrogens (primary N) is 1. The third-order valence-electron chi connectivity index (χ3n) is 4.93. The molecular weight excluding hydrogens is 234 g/mol. The molecule has 2 aliphatic carbocycles. The molecule has 1 aromatic heterocycles. The Kier molecular flexibility index (Phi) is 2.25. The molecule has 0 saturated heterocycles. The van der Waals surface area contributed by atoms with E-state index in [1.54, 1.807) is 0 Å². The van der Waals surface area contributed by atoms with Gasteiger partial charge in [0.05, 0.1) is 11.4 Å². The Morgan fingerprint density at radius 3 is 2.53 bits per heavy atom. The molecule has 1 aromatic carbocycles. The van der Waals surface area contributed by atoms with Gasteiger partial charge in [0.1, 0.15) is 5.82 Å². The predicted molar refractivity (Wildman–Crippen MR) is 76.3 cm³/mol. The summed E-state index contributed by atoms with van der Waals surface area (Å²) in [6.07, 6.45) is 4.17. The first-order valence-corrected chi connectivity index (χ1v) is 7.18. The third-order valence-corrected chi connectivity index (χ3v) is 4.93. The smallest absolute Gasteiger partial charge is 0.130 e. The second-order valence-corrected chi connectivity index (χ2v) is 5.93. The maximum absolute atomic E-state index is 6.25. The third kappa shape index (κ3) is 1.54. The van der Waals surface area contributed by atoms with Crippen molar-refractivity contribution in [1.29, 1.82) is 0 Å². The van der Waals surface area contributed by atoms with Gasteiger partial charge in [-0.05, 0) is 43.7 Å². The Bertz CT molecular complexity index is 604. The standard InChI is InChI=1S/C16H19N3/c1-10-15(14-12-8-5-9-13(12)14)18-19(16(10)17)11-6-3-2-4-7-11/h2-4,6-7,12-14H,5,8-9,17H2,1H3. The molecule has 2 aromatic rings. The molecule has 2 N–H and O–H groups in total. The van der Waals surface area contributed by atoms with E-state index in [1.165, 1.54) is 30.5 Å². The van der Waals surface area contributed by atoms with Gasteiger partial charge in [-0.2, -0.15) is 5.10 Å². The molecule has 3 heteroatoms. The molecule has 98 valence electrons. The number of rotatable bonds is 2. The number of nitrogens with zero attached hydrogens (tertiary/aromatic N) is 2. The van der Waals surface area contributed by atoms with Crippen molar-refractivity contribution in [2.75, 3.05) is 5.73 Å². The molecule has 2 fully saturated rings. The lowest BCUT2D eigenvalue weighted by Crippen LogP contribution is -2.02. The van der Waals surface area contributed by atoms with Crippen LogP contribution in [0.4, 0.5) is 5.82 Å². The quantitative estimate of drug-likeness (QED) is 0.892. The summed E-state index contributed by atoms with van der Waals surface area (Å²) in [4.78, 5) is 0. The lowest BCUT2D eigenvalue weighted by atomic mass is 10.1. The number of aromatic nitrogens is 2. The highest BCUT2D eigenvalue weighted by atomic mass is 15.3. The van der Waals surface area contributed by atoms with Crippen LogP contribution in [-0.4, -0.2) is 9.78 Å². The van der Waals surface area contributed by atoms with Crippen LogP contribution in [0.2, 0.25) is 0 Å². The molecule has 19 heavy (non-hydrogen) atoms. The van der Waals surface area contributed by atoms with Gasteiger partial charge in [0.2, 0.25) is 0 Å². The molecule has 3 nitrogen and oxygen atoms in total. The Morgan fingerprint density at radius 2 is 1.84 bits per heavy atom. The first-order chi connectivity index (χ1) is 9.27. The minimum Gasteiger partial charge on any atom is -0.383 e. The molecule has 0 amide bonds. The van der Waals surface area contributed by atoms with Crippen LogP contribution in [0.15, 0.2) is 30.3 Å². The van der Waals surface area contributed by atoms with E-state index in [2.05, 4.69) is 19.1 Å². The first-order valence-electron chi connectivity index (χ1n) is 7.18. The lowest BCUT2D eigenvalue weighted by molar-refractivity contribution is 0.662. The molecule has 2 aliphatic rings. The number of fused-ring (bicyclic) bond motifs is 1. The van der Waals surface area contributed by atoms with Gasteiger partial charge >= 0.3 is 0 Å². The molecule has 1 heterocycles. The van der Waals surface area contributed by atoms with Crippen LogP contribution in [0.25, 0.3) is 5.69 Å². The van der Waals surface area contributed by atoms with Crippen LogP contribution in [0, 0.1) is 18.8 Å². The second kappa shape index (κ2) is 3.86. The largest absolute Gasteiger partial charge is 0.383 e. The van der Waals surface area contributed by atoms with Crippen LogP contribution in [0.3, 0.4) is 0 Å². The minimum atomic E-state index is 0.681. The molecule has 2 unspecified atom stereocenters. The van der Waals surface area contributed by atoms with Gasteiger partial charge in [0.15, 0.2) is 0 Å². The fraction of sp³-hybridized carbons (Fsp3) is 0.438. The SMILES string of the molecule is Cc1c(C2C3CCCC32)nn(-c2ccccc2)c1N. The maximum atomic E-state index is 6.25. The summed E-state index contributed by atoms with van der Waals surface area (Å²) in [5.74, 6) is 3.25. The highest BCUT2D eigenvalue weighted by molar-refractivity contribution is 5.51. The number of benzene rings is 1. The van der Waals surface area contributed by atoms with Gasteiger partial charge in [-0.3, -0.25) is 0 Å². The van der Waals surface area contributed by atoms with Crippen molar-refractivity contribution in [2.45, 2.75) is 32.1 Å². The predicted octanol–water partition coefficient (Wildman–Crippen LogP) is 3.28. The number of hydrogen-bond acceptors (Lipinski definition) is 2. The van der Waals surface area contributed by atoms with Crippen molar-refractivity contribution < 1.29 is 0 Å².